The summed E-state index contributed by atoms with van der Waals surface area (Å²) in [4.78, 5) is 28.2. The van der Waals surface area contributed by atoms with Crippen molar-refractivity contribution in [2.45, 2.75) is 20.8 Å². The second-order valence-electron chi connectivity index (χ2n) is 7.58. The van der Waals surface area contributed by atoms with Crippen molar-refractivity contribution in [3.05, 3.63) is 98.7 Å². The van der Waals surface area contributed by atoms with Gasteiger partial charge in [-0.25, -0.2) is 4.90 Å². The van der Waals surface area contributed by atoms with Crippen molar-refractivity contribution in [2.75, 3.05) is 10.2 Å². The highest BCUT2D eigenvalue weighted by atomic mass is 35.5. The molecule has 6 heteroatoms. The van der Waals surface area contributed by atoms with Crippen molar-refractivity contribution >= 4 is 52.0 Å². The van der Waals surface area contributed by atoms with E-state index in [0.717, 1.165) is 21.6 Å². The standard InChI is InChI=1S/C25H20Cl2N2O2/c1-14-7-10-20(16(3)11-14)22-23(28-21-13-18(27)9-8-15(21)2)25(31)29(24(22)30)19-6-4-5-17(26)12-19/h4-13,28H,1-3H3. The van der Waals surface area contributed by atoms with Gasteiger partial charge in [0.2, 0.25) is 0 Å². The van der Waals surface area contributed by atoms with Gasteiger partial charge in [-0.15, -0.1) is 0 Å². The molecule has 0 atom stereocenters. The number of rotatable bonds is 4. The average Bonchev–Trinajstić information content (AvgIpc) is 2.95. The first kappa shape index (κ1) is 21.2. The number of nitrogens with one attached hydrogen (secondary N) is 1. The molecule has 1 aliphatic heterocycles. The second-order valence-corrected chi connectivity index (χ2v) is 8.45. The lowest BCUT2D eigenvalue weighted by atomic mass is 9.97. The molecular weight excluding hydrogens is 431 g/mol. The van der Waals surface area contributed by atoms with E-state index in [9.17, 15) is 9.59 Å². The van der Waals surface area contributed by atoms with Gasteiger partial charge in [0.15, 0.2) is 0 Å². The van der Waals surface area contributed by atoms with E-state index in [2.05, 4.69) is 5.32 Å². The number of anilines is 2. The van der Waals surface area contributed by atoms with E-state index in [1.807, 2.05) is 45.0 Å². The molecule has 3 aromatic rings. The number of carbonyl (C=O) groups excluding carboxylic acids is 2. The fourth-order valence-corrected chi connectivity index (χ4v) is 4.06. The monoisotopic (exact) mass is 450 g/mol. The number of hydrogen-bond donors (Lipinski definition) is 1. The molecular formula is C25H20Cl2N2O2. The lowest BCUT2D eigenvalue weighted by Crippen LogP contribution is -2.32. The highest BCUT2D eigenvalue weighted by Crippen LogP contribution is 2.36. The number of hydrogen-bond acceptors (Lipinski definition) is 3. The van der Waals surface area contributed by atoms with Crippen LogP contribution in [0, 0.1) is 20.8 Å². The SMILES string of the molecule is Cc1ccc(C2=C(Nc3cc(Cl)ccc3C)C(=O)N(c3cccc(Cl)c3)C2=O)c(C)c1. The molecule has 0 bridgehead atoms. The zero-order valence-electron chi connectivity index (χ0n) is 17.3. The summed E-state index contributed by atoms with van der Waals surface area (Å²) < 4.78 is 0. The maximum absolute atomic E-state index is 13.6. The Morgan fingerprint density at radius 3 is 2.23 bits per heavy atom. The van der Waals surface area contributed by atoms with Crippen LogP contribution >= 0.6 is 23.2 Å². The predicted octanol–water partition coefficient (Wildman–Crippen LogP) is 6.32. The summed E-state index contributed by atoms with van der Waals surface area (Å²) in [5, 5.41) is 4.16. The molecule has 0 saturated heterocycles. The number of benzene rings is 3. The van der Waals surface area contributed by atoms with E-state index < -0.39 is 11.8 Å². The van der Waals surface area contributed by atoms with Gasteiger partial charge in [-0.1, -0.05) is 59.1 Å². The number of halogens is 2. The smallest absolute Gasteiger partial charge is 0.282 e. The fraction of sp³-hybridized carbons (Fsp3) is 0.120. The summed E-state index contributed by atoms with van der Waals surface area (Å²) in [5.41, 5.74) is 5.21. The summed E-state index contributed by atoms with van der Waals surface area (Å²) in [6.45, 7) is 5.82. The molecule has 0 fully saturated rings. The zero-order valence-corrected chi connectivity index (χ0v) is 18.8. The van der Waals surface area contributed by atoms with Crippen LogP contribution in [0.3, 0.4) is 0 Å². The molecule has 0 radical (unpaired) electrons. The van der Waals surface area contributed by atoms with Crippen LogP contribution in [0.4, 0.5) is 11.4 Å². The molecule has 1 aliphatic rings. The first-order valence-electron chi connectivity index (χ1n) is 9.75. The molecule has 0 unspecified atom stereocenters. The Morgan fingerprint density at radius 2 is 1.52 bits per heavy atom. The highest BCUT2D eigenvalue weighted by molar-refractivity contribution is 6.46. The van der Waals surface area contributed by atoms with Gasteiger partial charge in [0.05, 0.1) is 11.3 Å². The van der Waals surface area contributed by atoms with Gasteiger partial charge in [-0.05, 0) is 67.8 Å². The van der Waals surface area contributed by atoms with Gasteiger partial charge in [0.25, 0.3) is 11.8 Å². The van der Waals surface area contributed by atoms with Crippen LogP contribution in [0.1, 0.15) is 22.3 Å². The minimum Gasteiger partial charge on any atom is -0.350 e. The third-order valence-electron chi connectivity index (χ3n) is 5.26. The topological polar surface area (TPSA) is 49.4 Å². The molecule has 4 rings (SSSR count). The van der Waals surface area contributed by atoms with Crippen LogP contribution in [0.5, 0.6) is 0 Å². The lowest BCUT2D eigenvalue weighted by molar-refractivity contribution is -0.120. The Labute approximate surface area is 191 Å². The minimum absolute atomic E-state index is 0.210. The third-order valence-corrected chi connectivity index (χ3v) is 5.73. The van der Waals surface area contributed by atoms with Crippen molar-refractivity contribution < 1.29 is 9.59 Å². The van der Waals surface area contributed by atoms with Gasteiger partial charge in [0.1, 0.15) is 5.70 Å². The molecule has 0 spiro atoms. The fourth-order valence-electron chi connectivity index (χ4n) is 3.70. The molecule has 1 heterocycles. The molecule has 4 nitrogen and oxygen atoms in total. The Kier molecular flexibility index (Phi) is 5.61. The van der Waals surface area contributed by atoms with Crippen LogP contribution in [0.25, 0.3) is 5.57 Å². The largest absolute Gasteiger partial charge is 0.350 e. The Hall–Kier alpha value is -3.08. The number of aryl methyl sites for hydroxylation is 3. The molecule has 31 heavy (non-hydrogen) atoms. The van der Waals surface area contributed by atoms with Crippen LogP contribution in [0.15, 0.2) is 66.4 Å². The minimum atomic E-state index is -0.443. The van der Waals surface area contributed by atoms with Crippen molar-refractivity contribution in [1.82, 2.24) is 0 Å². The Morgan fingerprint density at radius 1 is 0.774 bits per heavy atom. The summed E-state index contributed by atoms with van der Waals surface area (Å²) in [5.74, 6) is -0.844. The first-order chi connectivity index (χ1) is 14.8. The van der Waals surface area contributed by atoms with Crippen molar-refractivity contribution in [3.8, 4) is 0 Å². The van der Waals surface area contributed by atoms with E-state index in [1.54, 1.807) is 36.4 Å². The van der Waals surface area contributed by atoms with E-state index in [0.29, 0.717) is 32.6 Å². The Balaban J connectivity index is 1.89. The number of nitrogens with zero attached hydrogens (tertiary/aromatic N) is 1. The summed E-state index contributed by atoms with van der Waals surface area (Å²) in [7, 11) is 0. The van der Waals surface area contributed by atoms with E-state index in [-0.39, 0.29) is 5.70 Å². The van der Waals surface area contributed by atoms with Crippen LogP contribution < -0.4 is 10.2 Å². The molecule has 156 valence electrons. The van der Waals surface area contributed by atoms with Crippen LogP contribution in [-0.4, -0.2) is 11.8 Å². The molecule has 3 aromatic carbocycles. The van der Waals surface area contributed by atoms with E-state index in [4.69, 9.17) is 23.2 Å². The number of imide groups is 1. The van der Waals surface area contributed by atoms with Crippen molar-refractivity contribution in [3.63, 3.8) is 0 Å². The zero-order chi connectivity index (χ0) is 22.3. The maximum atomic E-state index is 13.6. The third kappa shape index (κ3) is 3.97. The van der Waals surface area contributed by atoms with Gasteiger partial charge in [-0.3, -0.25) is 9.59 Å². The predicted molar refractivity (Wildman–Crippen MR) is 127 cm³/mol. The van der Waals surface area contributed by atoms with Crippen molar-refractivity contribution in [2.24, 2.45) is 0 Å². The van der Waals surface area contributed by atoms with E-state index >= 15 is 0 Å². The number of amides is 2. The summed E-state index contributed by atoms with van der Waals surface area (Å²) in [6.07, 6.45) is 0. The second kappa shape index (κ2) is 8.22. The number of carbonyl (C=O) groups is 2. The van der Waals surface area contributed by atoms with Crippen LogP contribution in [-0.2, 0) is 9.59 Å². The molecule has 2 amide bonds. The molecule has 0 aromatic heterocycles. The van der Waals surface area contributed by atoms with E-state index in [1.165, 1.54) is 0 Å². The van der Waals surface area contributed by atoms with Gasteiger partial charge in [0, 0.05) is 15.7 Å². The molecule has 1 N–H and O–H groups in total. The maximum Gasteiger partial charge on any atom is 0.282 e. The highest BCUT2D eigenvalue weighted by Gasteiger charge is 2.41. The average molecular weight is 451 g/mol. The van der Waals surface area contributed by atoms with Gasteiger partial charge >= 0.3 is 0 Å². The van der Waals surface area contributed by atoms with Crippen molar-refractivity contribution in [1.29, 1.82) is 0 Å². The quantitative estimate of drug-likeness (QED) is 0.473. The normalized spacial score (nSPS) is 13.9. The molecule has 0 aliphatic carbocycles. The lowest BCUT2D eigenvalue weighted by Gasteiger charge is -2.16. The van der Waals surface area contributed by atoms with Gasteiger partial charge < -0.3 is 5.32 Å². The van der Waals surface area contributed by atoms with Crippen LogP contribution in [0.2, 0.25) is 10.0 Å². The summed E-state index contributed by atoms with van der Waals surface area (Å²) in [6, 6.07) is 17.9. The molecule has 0 saturated carbocycles. The van der Waals surface area contributed by atoms with Gasteiger partial charge in [-0.2, -0.15) is 0 Å². The summed E-state index contributed by atoms with van der Waals surface area (Å²) >= 11 is 12.3. The first-order valence-corrected chi connectivity index (χ1v) is 10.5. The Bertz CT molecular complexity index is 1260.